The van der Waals surface area contributed by atoms with Crippen molar-refractivity contribution < 1.29 is 14.7 Å². The second kappa shape index (κ2) is 7.31. The third-order valence-corrected chi connectivity index (χ3v) is 3.76. The molecule has 0 saturated heterocycles. The molecule has 0 unspecified atom stereocenters. The Morgan fingerprint density at radius 3 is 2.57 bits per heavy atom. The van der Waals surface area contributed by atoms with E-state index in [1.807, 2.05) is 18.2 Å². The quantitative estimate of drug-likeness (QED) is 0.359. The van der Waals surface area contributed by atoms with Gasteiger partial charge in [0.25, 0.3) is 0 Å². The highest BCUT2D eigenvalue weighted by Crippen LogP contribution is 2.34. The van der Waals surface area contributed by atoms with Gasteiger partial charge in [0, 0.05) is 5.56 Å². The van der Waals surface area contributed by atoms with Crippen LogP contribution in [0.4, 0.5) is 0 Å². The fraction of sp³-hybridized carbons (Fsp3) is 0.188. The summed E-state index contributed by atoms with van der Waals surface area (Å²) in [4.78, 5) is 0. The standard InChI is InChI=1S/C16H16INO3/c1-11-3-5-12(6-4-11)10-21-16-14(17)7-13(9-18-19)8-15(16)20-2/h3-9,19H,10H2,1-2H3/b18-9+. The van der Waals surface area contributed by atoms with Gasteiger partial charge in [-0.2, -0.15) is 0 Å². The van der Waals surface area contributed by atoms with Crippen LogP contribution in [0.5, 0.6) is 11.5 Å². The molecule has 1 N–H and O–H groups in total. The maximum absolute atomic E-state index is 8.61. The molecular weight excluding hydrogens is 381 g/mol. The lowest BCUT2D eigenvalue weighted by Gasteiger charge is -2.13. The van der Waals surface area contributed by atoms with E-state index in [0.717, 1.165) is 14.7 Å². The number of benzene rings is 2. The predicted molar refractivity (Wildman–Crippen MR) is 90.6 cm³/mol. The maximum atomic E-state index is 8.61. The zero-order valence-corrected chi connectivity index (χ0v) is 14.0. The molecule has 0 saturated carbocycles. The molecule has 4 nitrogen and oxygen atoms in total. The third kappa shape index (κ3) is 4.10. The van der Waals surface area contributed by atoms with E-state index < -0.39 is 0 Å². The molecular formula is C16H16INO3. The van der Waals surface area contributed by atoms with Crippen LogP contribution in [-0.4, -0.2) is 18.5 Å². The minimum Gasteiger partial charge on any atom is -0.493 e. The van der Waals surface area contributed by atoms with E-state index in [-0.39, 0.29) is 0 Å². The zero-order chi connectivity index (χ0) is 15.2. The lowest BCUT2D eigenvalue weighted by atomic mass is 10.2. The fourth-order valence-electron chi connectivity index (χ4n) is 1.86. The van der Waals surface area contributed by atoms with Gasteiger partial charge in [0.2, 0.25) is 0 Å². The average molecular weight is 397 g/mol. The Labute approximate surface area is 137 Å². The van der Waals surface area contributed by atoms with Crippen LogP contribution in [0.15, 0.2) is 41.6 Å². The van der Waals surface area contributed by atoms with Crippen LogP contribution in [0.1, 0.15) is 16.7 Å². The number of hydrogen-bond donors (Lipinski definition) is 1. The summed E-state index contributed by atoms with van der Waals surface area (Å²) < 4.78 is 12.1. The highest BCUT2D eigenvalue weighted by atomic mass is 127. The van der Waals surface area contributed by atoms with Crippen molar-refractivity contribution in [3.63, 3.8) is 0 Å². The molecule has 0 bridgehead atoms. The van der Waals surface area contributed by atoms with E-state index >= 15 is 0 Å². The molecule has 5 heteroatoms. The van der Waals surface area contributed by atoms with Gasteiger partial charge in [0.15, 0.2) is 11.5 Å². The van der Waals surface area contributed by atoms with Crippen LogP contribution in [0, 0.1) is 10.5 Å². The smallest absolute Gasteiger partial charge is 0.174 e. The summed E-state index contributed by atoms with van der Waals surface area (Å²) in [7, 11) is 1.59. The van der Waals surface area contributed by atoms with Crippen LogP contribution >= 0.6 is 22.6 Å². The largest absolute Gasteiger partial charge is 0.493 e. The Balaban J connectivity index is 2.20. The van der Waals surface area contributed by atoms with E-state index in [2.05, 4.69) is 46.8 Å². The van der Waals surface area contributed by atoms with Crippen molar-refractivity contribution in [1.29, 1.82) is 0 Å². The van der Waals surface area contributed by atoms with Crippen LogP contribution in [0.25, 0.3) is 0 Å². The van der Waals surface area contributed by atoms with Gasteiger partial charge in [-0.1, -0.05) is 35.0 Å². The molecule has 110 valence electrons. The highest BCUT2D eigenvalue weighted by Gasteiger charge is 2.11. The van der Waals surface area contributed by atoms with Gasteiger partial charge in [-0.15, -0.1) is 0 Å². The maximum Gasteiger partial charge on any atom is 0.174 e. The molecule has 0 atom stereocenters. The fourth-order valence-corrected chi connectivity index (χ4v) is 2.64. The number of halogens is 1. The summed E-state index contributed by atoms with van der Waals surface area (Å²) >= 11 is 2.17. The first-order valence-electron chi connectivity index (χ1n) is 6.37. The monoisotopic (exact) mass is 397 g/mol. The Morgan fingerprint density at radius 2 is 1.95 bits per heavy atom. The second-order valence-electron chi connectivity index (χ2n) is 4.55. The molecule has 0 aliphatic carbocycles. The number of hydrogen-bond acceptors (Lipinski definition) is 4. The molecule has 0 aliphatic heterocycles. The predicted octanol–water partition coefficient (Wildman–Crippen LogP) is 4.00. The van der Waals surface area contributed by atoms with Crippen LogP contribution in [0.3, 0.4) is 0 Å². The molecule has 2 rings (SSSR count). The summed E-state index contributed by atoms with van der Waals surface area (Å²) in [6.07, 6.45) is 1.36. The summed E-state index contributed by atoms with van der Waals surface area (Å²) in [6.45, 7) is 2.53. The van der Waals surface area contributed by atoms with Gasteiger partial charge < -0.3 is 14.7 Å². The number of rotatable bonds is 5. The van der Waals surface area contributed by atoms with Gasteiger partial charge in [-0.3, -0.25) is 0 Å². The van der Waals surface area contributed by atoms with Crippen LogP contribution in [-0.2, 0) is 6.61 Å². The molecule has 0 spiro atoms. The van der Waals surface area contributed by atoms with E-state index in [0.29, 0.717) is 18.1 Å². The molecule has 2 aromatic rings. The van der Waals surface area contributed by atoms with E-state index in [1.165, 1.54) is 11.8 Å². The number of oxime groups is 1. The minimum atomic E-state index is 0.472. The molecule has 0 aromatic heterocycles. The van der Waals surface area contributed by atoms with Gasteiger partial charge in [-0.25, -0.2) is 0 Å². The normalized spacial score (nSPS) is 10.8. The van der Waals surface area contributed by atoms with Gasteiger partial charge in [-0.05, 0) is 47.2 Å². The van der Waals surface area contributed by atoms with Crippen LogP contribution in [0.2, 0.25) is 0 Å². The Bertz CT molecular complexity index is 639. The minimum absolute atomic E-state index is 0.472. The molecule has 2 aromatic carbocycles. The van der Waals surface area contributed by atoms with E-state index in [4.69, 9.17) is 14.7 Å². The Hall–Kier alpha value is -1.76. The first kappa shape index (κ1) is 15.6. The molecule has 0 aliphatic rings. The van der Waals surface area contributed by atoms with Crippen LogP contribution < -0.4 is 9.47 Å². The van der Waals surface area contributed by atoms with Gasteiger partial charge in [0.1, 0.15) is 6.61 Å². The topological polar surface area (TPSA) is 51.0 Å². The highest BCUT2D eigenvalue weighted by molar-refractivity contribution is 14.1. The lowest BCUT2D eigenvalue weighted by molar-refractivity contribution is 0.282. The Kier molecular flexibility index (Phi) is 5.44. The zero-order valence-electron chi connectivity index (χ0n) is 11.8. The number of methoxy groups -OCH3 is 1. The molecule has 0 fully saturated rings. The summed E-state index contributed by atoms with van der Waals surface area (Å²) in [5.41, 5.74) is 3.07. The van der Waals surface area contributed by atoms with Gasteiger partial charge >= 0.3 is 0 Å². The molecule has 21 heavy (non-hydrogen) atoms. The number of aryl methyl sites for hydroxylation is 1. The van der Waals surface area contributed by atoms with Crippen molar-refractivity contribution in [1.82, 2.24) is 0 Å². The summed E-state index contributed by atoms with van der Waals surface area (Å²) in [5.74, 6) is 1.30. The lowest BCUT2D eigenvalue weighted by Crippen LogP contribution is -2.00. The number of nitrogens with zero attached hydrogens (tertiary/aromatic N) is 1. The summed E-state index contributed by atoms with van der Waals surface area (Å²) in [6, 6.07) is 11.8. The molecule has 0 radical (unpaired) electrons. The molecule has 0 heterocycles. The first-order valence-corrected chi connectivity index (χ1v) is 7.45. The second-order valence-corrected chi connectivity index (χ2v) is 5.72. The SMILES string of the molecule is COc1cc(/C=N/O)cc(I)c1OCc1ccc(C)cc1. The first-order chi connectivity index (χ1) is 10.1. The molecule has 0 amide bonds. The van der Waals surface area contributed by atoms with Crippen molar-refractivity contribution in [3.8, 4) is 11.5 Å². The Morgan fingerprint density at radius 1 is 1.24 bits per heavy atom. The summed E-state index contributed by atoms with van der Waals surface area (Å²) in [5, 5.41) is 11.6. The third-order valence-electron chi connectivity index (χ3n) is 2.96. The van der Waals surface area contributed by atoms with Crippen molar-refractivity contribution in [3.05, 3.63) is 56.7 Å². The van der Waals surface area contributed by atoms with Crippen molar-refractivity contribution in [2.45, 2.75) is 13.5 Å². The average Bonchev–Trinajstić information content (AvgIpc) is 2.47. The van der Waals surface area contributed by atoms with E-state index in [1.54, 1.807) is 13.2 Å². The van der Waals surface area contributed by atoms with Gasteiger partial charge in [0.05, 0.1) is 16.9 Å². The number of ether oxygens (including phenoxy) is 2. The van der Waals surface area contributed by atoms with E-state index in [9.17, 15) is 0 Å². The van der Waals surface area contributed by atoms with Crippen molar-refractivity contribution >= 4 is 28.8 Å². The van der Waals surface area contributed by atoms with Crippen molar-refractivity contribution in [2.24, 2.45) is 5.16 Å². The van der Waals surface area contributed by atoms with Crippen molar-refractivity contribution in [2.75, 3.05) is 7.11 Å².